The molecular weight excluding hydrogens is 206 g/mol. The molecule has 0 atom stereocenters. The van der Waals surface area contributed by atoms with E-state index in [1.807, 2.05) is 0 Å². The molecule has 1 aliphatic carbocycles. The SMILES string of the molecule is Cc1cc(C)c2cc3ccc4ccc(cc1-2)n43. The summed E-state index contributed by atoms with van der Waals surface area (Å²) in [6.45, 7) is 4.38. The molecule has 0 spiro atoms. The lowest BCUT2D eigenvalue weighted by atomic mass is 10.1. The maximum absolute atomic E-state index is 2.32. The third kappa shape index (κ3) is 1.04. The van der Waals surface area contributed by atoms with Gasteiger partial charge in [-0.3, -0.25) is 0 Å². The zero-order valence-electron chi connectivity index (χ0n) is 9.99. The Kier molecular flexibility index (Phi) is 1.49. The molecule has 0 bridgehead atoms. The molecule has 0 unspecified atom stereocenters. The second-order valence-electron chi connectivity index (χ2n) is 4.90. The maximum atomic E-state index is 2.32. The fourth-order valence-electron chi connectivity index (χ4n) is 2.95. The molecular formula is C16H13N. The highest BCUT2D eigenvalue weighted by Gasteiger charge is 2.12. The molecule has 2 aromatic rings. The van der Waals surface area contributed by atoms with Gasteiger partial charge in [0.1, 0.15) is 0 Å². The Morgan fingerprint density at radius 3 is 1.65 bits per heavy atom. The molecule has 17 heavy (non-hydrogen) atoms. The van der Waals surface area contributed by atoms with E-state index in [-0.39, 0.29) is 0 Å². The Balaban J connectivity index is 2.33. The molecule has 1 nitrogen and oxygen atoms in total. The van der Waals surface area contributed by atoms with Crippen LogP contribution in [-0.2, 0) is 0 Å². The minimum Gasteiger partial charge on any atom is -0.310 e. The van der Waals surface area contributed by atoms with Gasteiger partial charge in [-0.2, -0.15) is 0 Å². The quantitative estimate of drug-likeness (QED) is 0.416. The molecule has 0 N–H and O–H groups in total. The van der Waals surface area contributed by atoms with E-state index in [2.05, 4.69) is 60.7 Å². The molecule has 0 amide bonds. The predicted molar refractivity (Wildman–Crippen MR) is 72.2 cm³/mol. The lowest BCUT2D eigenvalue weighted by molar-refractivity contribution is 1.37. The third-order valence-corrected chi connectivity index (χ3v) is 3.78. The van der Waals surface area contributed by atoms with Crippen molar-refractivity contribution >= 4 is 16.6 Å². The van der Waals surface area contributed by atoms with Gasteiger partial charge >= 0.3 is 0 Å². The summed E-state index contributed by atoms with van der Waals surface area (Å²) in [7, 11) is 0. The summed E-state index contributed by atoms with van der Waals surface area (Å²) in [5.74, 6) is 0. The Bertz CT molecular complexity index is 744. The molecule has 0 saturated heterocycles. The molecule has 0 fully saturated rings. The van der Waals surface area contributed by atoms with Crippen molar-refractivity contribution in [1.29, 1.82) is 0 Å². The van der Waals surface area contributed by atoms with E-state index in [0.29, 0.717) is 0 Å². The summed E-state index contributed by atoms with van der Waals surface area (Å²) in [5, 5.41) is 0. The van der Waals surface area contributed by atoms with Gasteiger partial charge in [0.15, 0.2) is 0 Å². The van der Waals surface area contributed by atoms with E-state index < -0.39 is 0 Å². The van der Waals surface area contributed by atoms with E-state index in [9.17, 15) is 0 Å². The number of aryl methyl sites for hydroxylation is 2. The molecule has 2 aromatic heterocycles. The molecule has 2 aliphatic rings. The molecule has 0 aromatic carbocycles. The van der Waals surface area contributed by atoms with Gasteiger partial charge in [0.2, 0.25) is 0 Å². The first-order chi connectivity index (χ1) is 8.24. The largest absolute Gasteiger partial charge is 0.310 e. The lowest BCUT2D eigenvalue weighted by Crippen LogP contribution is -1.74. The Morgan fingerprint density at radius 2 is 1.12 bits per heavy atom. The topological polar surface area (TPSA) is 4.41 Å². The van der Waals surface area contributed by atoms with E-state index >= 15 is 0 Å². The third-order valence-electron chi connectivity index (χ3n) is 3.78. The molecule has 0 radical (unpaired) electrons. The maximum Gasteiger partial charge on any atom is 0.0468 e. The van der Waals surface area contributed by atoms with Crippen molar-refractivity contribution in [2.75, 3.05) is 0 Å². The van der Waals surface area contributed by atoms with Crippen LogP contribution in [0.5, 0.6) is 0 Å². The number of fused-ring (bicyclic) bond motifs is 1. The highest BCUT2D eigenvalue weighted by molar-refractivity contribution is 5.85. The summed E-state index contributed by atoms with van der Waals surface area (Å²) in [6, 6.07) is 15.6. The highest BCUT2D eigenvalue weighted by Crippen LogP contribution is 2.34. The van der Waals surface area contributed by atoms with Crippen LogP contribution in [0.2, 0.25) is 0 Å². The normalized spacial score (nSPS) is 12.1. The van der Waals surface area contributed by atoms with Gasteiger partial charge in [0.25, 0.3) is 0 Å². The molecule has 1 aliphatic heterocycles. The van der Waals surface area contributed by atoms with E-state index in [1.54, 1.807) is 0 Å². The van der Waals surface area contributed by atoms with Crippen molar-refractivity contribution in [2.45, 2.75) is 13.8 Å². The summed E-state index contributed by atoms with van der Waals surface area (Å²) < 4.78 is 2.32. The van der Waals surface area contributed by atoms with Crippen LogP contribution < -0.4 is 0 Å². The summed E-state index contributed by atoms with van der Waals surface area (Å²) >= 11 is 0. The second-order valence-corrected chi connectivity index (χ2v) is 4.90. The Hall–Kier alpha value is -2.02. The highest BCUT2D eigenvalue weighted by atomic mass is 14.9. The average molecular weight is 219 g/mol. The van der Waals surface area contributed by atoms with Crippen molar-refractivity contribution in [3.05, 3.63) is 53.6 Å². The molecule has 82 valence electrons. The molecule has 1 heteroatoms. The Morgan fingerprint density at radius 1 is 0.647 bits per heavy atom. The van der Waals surface area contributed by atoms with Crippen molar-refractivity contribution in [1.82, 2.24) is 4.40 Å². The van der Waals surface area contributed by atoms with Crippen LogP contribution in [0.1, 0.15) is 11.1 Å². The van der Waals surface area contributed by atoms with Crippen LogP contribution in [0.25, 0.3) is 27.7 Å². The minimum atomic E-state index is 1.28. The average Bonchev–Trinajstić information content (AvgIpc) is 2.89. The van der Waals surface area contributed by atoms with Crippen LogP contribution in [0.4, 0.5) is 0 Å². The van der Waals surface area contributed by atoms with Gasteiger partial charge in [-0.25, -0.2) is 0 Å². The molecule has 0 saturated carbocycles. The van der Waals surface area contributed by atoms with Crippen LogP contribution in [-0.4, -0.2) is 4.40 Å². The van der Waals surface area contributed by atoms with Crippen LogP contribution >= 0.6 is 0 Å². The van der Waals surface area contributed by atoms with Crippen molar-refractivity contribution in [2.24, 2.45) is 0 Å². The summed E-state index contributed by atoms with van der Waals surface area (Å²) in [5.41, 5.74) is 9.33. The second kappa shape index (κ2) is 2.80. The van der Waals surface area contributed by atoms with E-state index in [0.717, 1.165) is 0 Å². The van der Waals surface area contributed by atoms with Crippen LogP contribution in [0.15, 0.2) is 42.5 Å². The van der Waals surface area contributed by atoms with Crippen LogP contribution in [0, 0.1) is 13.8 Å². The zero-order chi connectivity index (χ0) is 11.6. The predicted octanol–water partition coefficient (Wildman–Crippen LogP) is 4.25. The number of rotatable bonds is 0. The van der Waals surface area contributed by atoms with Gasteiger partial charge in [0, 0.05) is 16.6 Å². The van der Waals surface area contributed by atoms with Gasteiger partial charge in [-0.05, 0) is 72.5 Å². The first-order valence-corrected chi connectivity index (χ1v) is 5.97. The van der Waals surface area contributed by atoms with Crippen molar-refractivity contribution < 1.29 is 0 Å². The fraction of sp³-hybridized carbons (Fsp3) is 0.125. The van der Waals surface area contributed by atoms with Crippen molar-refractivity contribution in [3.8, 4) is 11.1 Å². The van der Waals surface area contributed by atoms with Gasteiger partial charge in [-0.15, -0.1) is 0 Å². The number of hydrogen-bond acceptors (Lipinski definition) is 0. The first kappa shape index (κ1) is 9.06. The smallest absolute Gasteiger partial charge is 0.0468 e. The van der Waals surface area contributed by atoms with Crippen LogP contribution in [0.3, 0.4) is 0 Å². The van der Waals surface area contributed by atoms with Gasteiger partial charge < -0.3 is 4.40 Å². The lowest BCUT2D eigenvalue weighted by Gasteiger charge is -1.94. The number of aromatic nitrogens is 1. The summed E-state index contributed by atoms with van der Waals surface area (Å²) in [4.78, 5) is 0. The van der Waals surface area contributed by atoms with Crippen molar-refractivity contribution in [3.63, 3.8) is 0 Å². The molecule has 3 heterocycles. The van der Waals surface area contributed by atoms with E-state index in [1.165, 1.54) is 38.8 Å². The monoisotopic (exact) mass is 219 g/mol. The number of hydrogen-bond donors (Lipinski definition) is 0. The summed E-state index contributed by atoms with van der Waals surface area (Å²) in [6.07, 6.45) is 0. The standard InChI is InChI=1S/C16H13N/c1-10-7-11(2)16-9-14-6-4-12-3-5-13(17(12)14)8-15(10)16/h3-9H,1-2H3. The molecule has 4 rings (SSSR count). The Labute approximate surface area is 100.0 Å². The first-order valence-electron chi connectivity index (χ1n) is 5.97. The zero-order valence-corrected chi connectivity index (χ0v) is 9.99. The van der Waals surface area contributed by atoms with E-state index in [4.69, 9.17) is 0 Å². The minimum absolute atomic E-state index is 1.28. The van der Waals surface area contributed by atoms with Gasteiger partial charge in [0.05, 0.1) is 0 Å². The fourth-order valence-corrected chi connectivity index (χ4v) is 2.95. The number of nitrogens with zero attached hydrogens (tertiary/aromatic N) is 1. The van der Waals surface area contributed by atoms with Gasteiger partial charge in [-0.1, -0.05) is 6.07 Å².